The van der Waals surface area contributed by atoms with Gasteiger partial charge < -0.3 is 20.0 Å². The third-order valence-corrected chi connectivity index (χ3v) is 8.80. The van der Waals surface area contributed by atoms with Gasteiger partial charge in [0.05, 0.1) is 0 Å². The molecule has 1 N–H and O–H groups in total. The molecule has 0 spiro atoms. The number of benzene rings is 2. The number of likely N-dealkylation sites (tertiary alicyclic amines) is 2. The highest BCUT2D eigenvalue weighted by Gasteiger charge is 2.28. The highest BCUT2D eigenvalue weighted by Crippen LogP contribution is 2.30. The van der Waals surface area contributed by atoms with Crippen LogP contribution in [0.3, 0.4) is 0 Å². The highest BCUT2D eigenvalue weighted by atomic mass is 16.2. The van der Waals surface area contributed by atoms with E-state index >= 15 is 0 Å². The summed E-state index contributed by atoms with van der Waals surface area (Å²) in [5.74, 6) is 1.14. The number of anilines is 2. The summed E-state index contributed by atoms with van der Waals surface area (Å²) in [5.41, 5.74) is 5.06. The second kappa shape index (κ2) is 11.3. The van der Waals surface area contributed by atoms with Crippen molar-refractivity contribution in [2.24, 2.45) is 5.92 Å². The van der Waals surface area contributed by atoms with Crippen LogP contribution in [0.5, 0.6) is 0 Å². The maximum Gasteiger partial charge on any atom is 0.255 e. The number of piperidine rings is 1. The van der Waals surface area contributed by atoms with Gasteiger partial charge in [-0.15, -0.1) is 0 Å². The van der Waals surface area contributed by atoms with Gasteiger partial charge in [0.15, 0.2) is 0 Å². The summed E-state index contributed by atoms with van der Waals surface area (Å²) in [6, 6.07) is 15.1. The number of carbonyl (C=O) groups excluding carboxylic acids is 2. The van der Waals surface area contributed by atoms with E-state index in [1.807, 2.05) is 35.2 Å². The molecule has 3 aliphatic rings. The Hall–Kier alpha value is -2.86. The van der Waals surface area contributed by atoms with Crippen molar-refractivity contribution in [2.75, 3.05) is 49.5 Å². The van der Waals surface area contributed by atoms with Gasteiger partial charge in [0.2, 0.25) is 5.91 Å². The largest absolute Gasteiger partial charge is 0.371 e. The zero-order chi connectivity index (χ0) is 25.9. The van der Waals surface area contributed by atoms with Gasteiger partial charge >= 0.3 is 0 Å². The van der Waals surface area contributed by atoms with Crippen LogP contribution >= 0.6 is 0 Å². The number of hydrogen-bond acceptors (Lipinski definition) is 4. The van der Waals surface area contributed by atoms with Gasteiger partial charge in [-0.25, -0.2) is 0 Å². The van der Waals surface area contributed by atoms with Gasteiger partial charge in [-0.05, 0) is 99.9 Å². The maximum atomic E-state index is 13.0. The summed E-state index contributed by atoms with van der Waals surface area (Å²) >= 11 is 0. The van der Waals surface area contributed by atoms with E-state index in [0.29, 0.717) is 11.5 Å². The zero-order valence-electron chi connectivity index (χ0n) is 22.7. The molecule has 3 fully saturated rings. The predicted octanol–water partition coefficient (Wildman–Crippen LogP) is 5.28. The zero-order valence-corrected chi connectivity index (χ0v) is 22.7. The standard InChI is InChI=1S/C31H42N4O2/c1-22-18-29(35-17-14-25(20-35)19-33-15-4-6-23(33)2)12-13-30(22)32-31(37)27-10-8-26(9-11-27)28-7-5-16-34(21-28)24(3)36/h8-13,18,23,25,28H,4-7,14-17,19-21H2,1-3H3,(H,32,37). The molecule has 2 amide bonds. The summed E-state index contributed by atoms with van der Waals surface area (Å²) in [7, 11) is 0. The number of aryl methyl sites for hydroxylation is 1. The van der Waals surface area contributed by atoms with Gasteiger partial charge in [0, 0.05) is 68.5 Å². The Bertz CT molecular complexity index is 1110. The summed E-state index contributed by atoms with van der Waals surface area (Å²) < 4.78 is 0. The molecule has 0 aliphatic carbocycles. The molecule has 3 heterocycles. The molecule has 37 heavy (non-hydrogen) atoms. The average molecular weight is 503 g/mol. The lowest BCUT2D eigenvalue weighted by Crippen LogP contribution is -2.37. The molecular formula is C31H42N4O2. The first-order chi connectivity index (χ1) is 17.9. The molecule has 6 nitrogen and oxygen atoms in total. The molecule has 3 aliphatic heterocycles. The van der Waals surface area contributed by atoms with Gasteiger partial charge in [0.1, 0.15) is 0 Å². The van der Waals surface area contributed by atoms with Crippen molar-refractivity contribution >= 4 is 23.2 Å². The number of nitrogens with zero attached hydrogens (tertiary/aromatic N) is 3. The predicted molar refractivity (Wildman–Crippen MR) is 150 cm³/mol. The van der Waals surface area contributed by atoms with Crippen LogP contribution in [0.4, 0.5) is 11.4 Å². The summed E-state index contributed by atoms with van der Waals surface area (Å²) in [5, 5.41) is 3.11. The average Bonchev–Trinajstić information content (AvgIpc) is 3.54. The van der Waals surface area contributed by atoms with E-state index in [1.54, 1.807) is 6.92 Å². The fourth-order valence-electron chi connectivity index (χ4n) is 6.43. The Labute approximate surface area is 222 Å². The lowest BCUT2D eigenvalue weighted by molar-refractivity contribution is -0.130. The van der Waals surface area contributed by atoms with Crippen molar-refractivity contribution in [2.45, 2.75) is 64.8 Å². The fraction of sp³-hybridized carbons (Fsp3) is 0.548. The van der Waals surface area contributed by atoms with Crippen molar-refractivity contribution in [1.29, 1.82) is 0 Å². The van der Waals surface area contributed by atoms with Crippen LogP contribution in [0.1, 0.15) is 73.4 Å². The summed E-state index contributed by atoms with van der Waals surface area (Å²) in [6.45, 7) is 12.4. The molecule has 2 aromatic rings. The molecular weight excluding hydrogens is 460 g/mol. The number of nitrogens with one attached hydrogen (secondary N) is 1. The minimum atomic E-state index is -0.0858. The smallest absolute Gasteiger partial charge is 0.255 e. The van der Waals surface area contributed by atoms with Gasteiger partial charge in [-0.1, -0.05) is 12.1 Å². The number of hydrogen-bond donors (Lipinski definition) is 1. The van der Waals surface area contributed by atoms with Crippen molar-refractivity contribution in [3.63, 3.8) is 0 Å². The molecule has 2 aromatic carbocycles. The van der Waals surface area contributed by atoms with Crippen LogP contribution in [-0.2, 0) is 4.79 Å². The van der Waals surface area contributed by atoms with Crippen molar-refractivity contribution in [3.05, 3.63) is 59.2 Å². The Morgan fingerprint density at radius 1 is 0.946 bits per heavy atom. The molecule has 0 bridgehead atoms. The number of rotatable bonds is 6. The second-order valence-electron chi connectivity index (χ2n) is 11.5. The molecule has 3 saturated heterocycles. The minimum absolute atomic E-state index is 0.0858. The van der Waals surface area contributed by atoms with Crippen LogP contribution in [-0.4, -0.2) is 66.9 Å². The van der Waals surface area contributed by atoms with E-state index < -0.39 is 0 Å². The minimum Gasteiger partial charge on any atom is -0.371 e. The third kappa shape index (κ3) is 6.01. The summed E-state index contributed by atoms with van der Waals surface area (Å²) in [6.07, 6.45) is 6.04. The number of amides is 2. The third-order valence-electron chi connectivity index (χ3n) is 8.80. The van der Waals surface area contributed by atoms with Crippen molar-refractivity contribution in [3.8, 4) is 0 Å². The van der Waals surface area contributed by atoms with Crippen LogP contribution in [0.15, 0.2) is 42.5 Å². The van der Waals surface area contributed by atoms with Gasteiger partial charge in [0.25, 0.3) is 5.91 Å². The molecule has 3 atom stereocenters. The molecule has 198 valence electrons. The Morgan fingerprint density at radius 2 is 1.73 bits per heavy atom. The lowest BCUT2D eigenvalue weighted by Gasteiger charge is -2.32. The maximum absolute atomic E-state index is 13.0. The van der Waals surface area contributed by atoms with E-state index in [-0.39, 0.29) is 11.8 Å². The fourth-order valence-corrected chi connectivity index (χ4v) is 6.43. The normalized spacial score (nSPS) is 24.5. The lowest BCUT2D eigenvalue weighted by atomic mass is 9.90. The van der Waals surface area contributed by atoms with Crippen LogP contribution in [0.2, 0.25) is 0 Å². The molecule has 0 saturated carbocycles. The molecule has 0 radical (unpaired) electrons. The van der Waals surface area contributed by atoms with E-state index in [0.717, 1.165) is 62.2 Å². The number of carbonyl (C=O) groups is 2. The van der Waals surface area contributed by atoms with E-state index in [1.165, 1.54) is 43.6 Å². The SMILES string of the molecule is CC(=O)N1CCCC(c2ccc(C(=O)Nc3ccc(N4CCC(CN5CCCC5C)C4)cc3C)cc2)C1. The van der Waals surface area contributed by atoms with Crippen LogP contribution in [0.25, 0.3) is 0 Å². The van der Waals surface area contributed by atoms with Gasteiger partial charge in [-0.2, -0.15) is 0 Å². The summed E-state index contributed by atoms with van der Waals surface area (Å²) in [4.78, 5) is 31.9. The first-order valence-electron chi connectivity index (χ1n) is 14.1. The van der Waals surface area contributed by atoms with Crippen LogP contribution < -0.4 is 10.2 Å². The molecule has 6 heteroatoms. The van der Waals surface area contributed by atoms with Crippen LogP contribution in [0, 0.1) is 12.8 Å². The van der Waals surface area contributed by atoms with Gasteiger partial charge in [-0.3, -0.25) is 9.59 Å². The first kappa shape index (κ1) is 25.8. The topological polar surface area (TPSA) is 55.9 Å². The van der Waals surface area contributed by atoms with E-state index in [4.69, 9.17) is 0 Å². The quantitative estimate of drug-likeness (QED) is 0.584. The Balaban J connectivity index is 1.17. The molecule has 5 rings (SSSR count). The van der Waals surface area contributed by atoms with Crippen molar-refractivity contribution < 1.29 is 9.59 Å². The van der Waals surface area contributed by atoms with E-state index in [2.05, 4.69) is 41.1 Å². The monoisotopic (exact) mass is 502 g/mol. The van der Waals surface area contributed by atoms with E-state index in [9.17, 15) is 9.59 Å². The first-order valence-corrected chi connectivity index (χ1v) is 14.1. The highest BCUT2D eigenvalue weighted by molar-refractivity contribution is 6.04. The molecule has 0 aromatic heterocycles. The van der Waals surface area contributed by atoms with Crippen molar-refractivity contribution in [1.82, 2.24) is 9.80 Å². The Morgan fingerprint density at radius 3 is 2.43 bits per heavy atom. The molecule has 3 unspecified atom stereocenters. The Kier molecular flexibility index (Phi) is 7.84. The second-order valence-corrected chi connectivity index (χ2v) is 11.5.